The van der Waals surface area contributed by atoms with Gasteiger partial charge in [-0.1, -0.05) is 0 Å². The molecule has 1 N–H and O–H groups in total. The standard InChI is InChI=1S/C14H25N3O4/c1-11-10-21-12(2)9-17(11)14(20)16-7-5-15(6-8-16)4-3-13(18)19/h11-12H,3-10H2,1-2H3,(H,18,19). The highest BCUT2D eigenvalue weighted by molar-refractivity contribution is 5.75. The van der Waals surface area contributed by atoms with Crippen molar-refractivity contribution in [2.24, 2.45) is 0 Å². The van der Waals surface area contributed by atoms with Crippen LogP contribution in [0.1, 0.15) is 20.3 Å². The highest BCUT2D eigenvalue weighted by Crippen LogP contribution is 2.15. The van der Waals surface area contributed by atoms with Gasteiger partial charge in [-0.05, 0) is 13.8 Å². The van der Waals surface area contributed by atoms with Crippen molar-refractivity contribution < 1.29 is 19.4 Å². The number of carbonyl (C=O) groups is 2. The van der Waals surface area contributed by atoms with E-state index in [4.69, 9.17) is 9.84 Å². The summed E-state index contributed by atoms with van der Waals surface area (Å²) in [7, 11) is 0. The Balaban J connectivity index is 1.81. The van der Waals surface area contributed by atoms with Gasteiger partial charge in [0.15, 0.2) is 0 Å². The fraction of sp³-hybridized carbons (Fsp3) is 0.857. The van der Waals surface area contributed by atoms with Crippen LogP contribution >= 0.6 is 0 Å². The maximum absolute atomic E-state index is 12.6. The van der Waals surface area contributed by atoms with Gasteiger partial charge in [-0.3, -0.25) is 9.69 Å². The summed E-state index contributed by atoms with van der Waals surface area (Å²) in [6.07, 6.45) is 0.244. The summed E-state index contributed by atoms with van der Waals surface area (Å²) in [5.74, 6) is -0.773. The molecule has 0 aliphatic carbocycles. The molecule has 7 heteroatoms. The van der Waals surface area contributed by atoms with Gasteiger partial charge in [0.2, 0.25) is 0 Å². The number of aliphatic carboxylic acids is 1. The van der Waals surface area contributed by atoms with E-state index in [-0.39, 0.29) is 24.6 Å². The molecule has 2 saturated heterocycles. The second kappa shape index (κ2) is 7.09. The van der Waals surface area contributed by atoms with Crippen LogP contribution < -0.4 is 0 Å². The fourth-order valence-corrected chi connectivity index (χ4v) is 2.77. The van der Waals surface area contributed by atoms with Crippen LogP contribution in [-0.4, -0.2) is 89.8 Å². The first kappa shape index (κ1) is 16.0. The third-order valence-corrected chi connectivity index (χ3v) is 4.14. The van der Waals surface area contributed by atoms with Crippen molar-refractivity contribution in [3.05, 3.63) is 0 Å². The Morgan fingerprint density at radius 2 is 1.86 bits per heavy atom. The Morgan fingerprint density at radius 1 is 1.19 bits per heavy atom. The van der Waals surface area contributed by atoms with E-state index in [1.54, 1.807) is 0 Å². The SMILES string of the molecule is CC1CN(C(=O)N2CCN(CCC(=O)O)CC2)C(C)CO1. The molecule has 0 radical (unpaired) electrons. The van der Waals surface area contributed by atoms with Crippen molar-refractivity contribution in [2.75, 3.05) is 45.9 Å². The monoisotopic (exact) mass is 299 g/mol. The quantitative estimate of drug-likeness (QED) is 0.812. The van der Waals surface area contributed by atoms with Gasteiger partial charge in [-0.15, -0.1) is 0 Å². The van der Waals surface area contributed by atoms with Gasteiger partial charge in [0.25, 0.3) is 0 Å². The molecule has 2 rings (SSSR count). The van der Waals surface area contributed by atoms with E-state index in [0.717, 1.165) is 13.1 Å². The normalized spacial score (nSPS) is 27.7. The molecule has 0 bridgehead atoms. The van der Waals surface area contributed by atoms with Crippen molar-refractivity contribution in [2.45, 2.75) is 32.4 Å². The molecule has 0 spiro atoms. The van der Waals surface area contributed by atoms with E-state index < -0.39 is 5.97 Å². The van der Waals surface area contributed by atoms with Crippen molar-refractivity contribution in [1.82, 2.24) is 14.7 Å². The number of piperazine rings is 1. The van der Waals surface area contributed by atoms with Crippen LogP contribution in [0.4, 0.5) is 4.79 Å². The summed E-state index contributed by atoms with van der Waals surface area (Å²) in [4.78, 5) is 29.0. The molecule has 7 nitrogen and oxygen atoms in total. The molecule has 2 unspecified atom stereocenters. The molecule has 2 heterocycles. The van der Waals surface area contributed by atoms with E-state index in [0.29, 0.717) is 32.8 Å². The van der Waals surface area contributed by atoms with E-state index in [1.165, 1.54) is 0 Å². The predicted molar refractivity (Wildman–Crippen MR) is 77.2 cm³/mol. The number of rotatable bonds is 3. The van der Waals surface area contributed by atoms with Crippen molar-refractivity contribution in [3.63, 3.8) is 0 Å². The first-order valence-corrected chi connectivity index (χ1v) is 7.58. The molecule has 2 fully saturated rings. The highest BCUT2D eigenvalue weighted by atomic mass is 16.5. The lowest BCUT2D eigenvalue weighted by atomic mass is 10.2. The molecule has 2 atom stereocenters. The first-order valence-electron chi connectivity index (χ1n) is 7.58. The number of carboxylic acids is 1. The summed E-state index contributed by atoms with van der Waals surface area (Å²) in [6, 6.07) is 0.189. The Kier molecular flexibility index (Phi) is 5.41. The van der Waals surface area contributed by atoms with E-state index in [2.05, 4.69) is 4.90 Å². The van der Waals surface area contributed by atoms with E-state index >= 15 is 0 Å². The van der Waals surface area contributed by atoms with Crippen LogP contribution in [0.15, 0.2) is 0 Å². The molecule has 2 aliphatic rings. The van der Waals surface area contributed by atoms with Gasteiger partial charge in [0, 0.05) is 39.3 Å². The topological polar surface area (TPSA) is 73.3 Å². The van der Waals surface area contributed by atoms with Crippen molar-refractivity contribution >= 4 is 12.0 Å². The van der Waals surface area contributed by atoms with Gasteiger partial charge in [-0.25, -0.2) is 4.79 Å². The minimum Gasteiger partial charge on any atom is -0.481 e. The lowest BCUT2D eigenvalue weighted by Gasteiger charge is -2.42. The predicted octanol–water partition coefficient (Wildman–Crippen LogP) is 0.308. The molecule has 0 aromatic heterocycles. The second-order valence-electron chi connectivity index (χ2n) is 5.90. The molecule has 2 amide bonds. The number of nitrogens with zero attached hydrogens (tertiary/aromatic N) is 3. The summed E-state index contributed by atoms with van der Waals surface area (Å²) in [5, 5.41) is 8.70. The first-order chi connectivity index (χ1) is 9.97. The van der Waals surface area contributed by atoms with Crippen molar-refractivity contribution in [3.8, 4) is 0 Å². The smallest absolute Gasteiger partial charge is 0.320 e. The van der Waals surface area contributed by atoms with E-state index in [9.17, 15) is 9.59 Å². The molecule has 0 aromatic carbocycles. The Morgan fingerprint density at radius 3 is 2.48 bits per heavy atom. The van der Waals surface area contributed by atoms with Gasteiger partial charge < -0.3 is 19.6 Å². The van der Waals surface area contributed by atoms with Gasteiger partial charge in [-0.2, -0.15) is 0 Å². The van der Waals surface area contributed by atoms with Crippen molar-refractivity contribution in [1.29, 1.82) is 0 Å². The molecule has 120 valence electrons. The number of ether oxygens (including phenoxy) is 1. The molecule has 21 heavy (non-hydrogen) atoms. The largest absolute Gasteiger partial charge is 0.481 e. The lowest BCUT2D eigenvalue weighted by molar-refractivity contribution is -0.137. The van der Waals surface area contributed by atoms with Crippen LogP contribution in [0.2, 0.25) is 0 Å². The summed E-state index contributed by atoms with van der Waals surface area (Å²) in [5.41, 5.74) is 0. The Hall–Kier alpha value is -1.34. The van der Waals surface area contributed by atoms with Crippen LogP contribution in [0.3, 0.4) is 0 Å². The third kappa shape index (κ3) is 4.31. The Labute approximate surface area is 125 Å². The number of hydrogen-bond donors (Lipinski definition) is 1. The van der Waals surface area contributed by atoms with Crippen LogP contribution in [0, 0.1) is 0 Å². The fourth-order valence-electron chi connectivity index (χ4n) is 2.77. The lowest BCUT2D eigenvalue weighted by Crippen LogP contribution is -2.58. The Bertz CT molecular complexity index is 382. The van der Waals surface area contributed by atoms with Gasteiger partial charge >= 0.3 is 12.0 Å². The average molecular weight is 299 g/mol. The van der Waals surface area contributed by atoms with Gasteiger partial charge in [0.05, 0.1) is 25.2 Å². The average Bonchev–Trinajstić information content (AvgIpc) is 2.47. The van der Waals surface area contributed by atoms with E-state index in [1.807, 2.05) is 23.6 Å². The number of morpholine rings is 1. The minimum atomic E-state index is -0.773. The number of carbonyl (C=O) groups excluding carboxylic acids is 1. The van der Waals surface area contributed by atoms with Crippen LogP contribution in [-0.2, 0) is 9.53 Å². The maximum atomic E-state index is 12.6. The summed E-state index contributed by atoms with van der Waals surface area (Å²) in [6.45, 7) is 8.59. The molecule has 0 saturated carbocycles. The van der Waals surface area contributed by atoms with Crippen LogP contribution in [0.25, 0.3) is 0 Å². The number of hydrogen-bond acceptors (Lipinski definition) is 4. The molecular weight excluding hydrogens is 274 g/mol. The third-order valence-electron chi connectivity index (χ3n) is 4.14. The van der Waals surface area contributed by atoms with Crippen LogP contribution in [0.5, 0.6) is 0 Å². The number of carboxylic acid groups (broad SMARTS) is 1. The number of urea groups is 1. The maximum Gasteiger partial charge on any atom is 0.320 e. The molecular formula is C14H25N3O4. The van der Waals surface area contributed by atoms with Gasteiger partial charge in [0.1, 0.15) is 0 Å². The highest BCUT2D eigenvalue weighted by Gasteiger charge is 2.32. The molecule has 2 aliphatic heterocycles. The zero-order valence-electron chi connectivity index (χ0n) is 12.8. The number of amides is 2. The summed E-state index contributed by atoms with van der Waals surface area (Å²) < 4.78 is 5.55. The minimum absolute atomic E-state index is 0.0792. The summed E-state index contributed by atoms with van der Waals surface area (Å²) >= 11 is 0. The zero-order valence-corrected chi connectivity index (χ0v) is 12.8. The molecule has 0 aromatic rings. The zero-order chi connectivity index (χ0) is 15.4. The second-order valence-corrected chi connectivity index (χ2v) is 5.90.